The maximum absolute atomic E-state index is 12.7. The number of nitrogens with two attached hydrogens (primary N) is 2. The van der Waals surface area contributed by atoms with Crippen LogP contribution in [0, 0.1) is 11.3 Å². The highest BCUT2D eigenvalue weighted by Gasteiger charge is 2.19. The Morgan fingerprint density at radius 3 is 2.67 bits per heavy atom. The lowest BCUT2D eigenvalue weighted by Crippen LogP contribution is -2.10. The minimum atomic E-state index is -2.70. The van der Waals surface area contributed by atoms with E-state index in [4.69, 9.17) is 16.7 Å². The van der Waals surface area contributed by atoms with Gasteiger partial charge in [0.15, 0.2) is 0 Å². The molecule has 1 heterocycles. The standard InChI is InChI=1S/C9H10F2N4/c10-8(11)7-5(3-13)4-15-9(14)6(7)1-2-12/h4,8H,1,3,13H2,(H2,14,15). The molecule has 80 valence electrons. The first-order valence-electron chi connectivity index (χ1n) is 4.23. The Morgan fingerprint density at radius 2 is 2.20 bits per heavy atom. The molecular weight excluding hydrogens is 202 g/mol. The molecule has 0 aromatic carbocycles. The maximum Gasteiger partial charge on any atom is 0.264 e. The number of nitriles is 1. The number of hydrogen-bond donors (Lipinski definition) is 2. The predicted octanol–water partition coefficient (Wildman–Crippen LogP) is 1.13. The van der Waals surface area contributed by atoms with Gasteiger partial charge in [-0.2, -0.15) is 5.26 Å². The second-order valence-corrected chi connectivity index (χ2v) is 2.90. The zero-order valence-electron chi connectivity index (χ0n) is 7.87. The molecule has 1 rings (SSSR count). The summed E-state index contributed by atoms with van der Waals surface area (Å²) in [6.07, 6.45) is -1.67. The third kappa shape index (κ3) is 2.19. The number of halogens is 2. The molecule has 0 aliphatic heterocycles. The molecule has 0 saturated carbocycles. The summed E-state index contributed by atoms with van der Waals surface area (Å²) in [7, 11) is 0. The molecule has 0 unspecified atom stereocenters. The molecule has 0 spiro atoms. The van der Waals surface area contributed by atoms with Crippen LogP contribution in [-0.2, 0) is 13.0 Å². The quantitative estimate of drug-likeness (QED) is 0.785. The Bertz CT molecular complexity index is 398. The molecule has 1 aromatic rings. The van der Waals surface area contributed by atoms with E-state index < -0.39 is 6.43 Å². The minimum absolute atomic E-state index is 0.0379. The lowest BCUT2D eigenvalue weighted by molar-refractivity contribution is 0.149. The van der Waals surface area contributed by atoms with Crippen molar-refractivity contribution in [2.75, 3.05) is 5.73 Å². The van der Waals surface area contributed by atoms with E-state index in [1.54, 1.807) is 6.07 Å². The highest BCUT2D eigenvalue weighted by molar-refractivity contribution is 5.49. The largest absolute Gasteiger partial charge is 0.383 e. The van der Waals surface area contributed by atoms with Gasteiger partial charge in [-0.25, -0.2) is 13.8 Å². The number of alkyl halides is 2. The smallest absolute Gasteiger partial charge is 0.264 e. The van der Waals surface area contributed by atoms with E-state index in [1.807, 2.05) is 0 Å². The lowest BCUT2D eigenvalue weighted by atomic mass is 10.0. The number of hydrogen-bond acceptors (Lipinski definition) is 4. The first kappa shape index (κ1) is 11.3. The molecule has 0 bridgehead atoms. The number of nitrogens with zero attached hydrogens (tertiary/aromatic N) is 2. The van der Waals surface area contributed by atoms with Crippen LogP contribution in [0.4, 0.5) is 14.6 Å². The average Bonchev–Trinajstić information content (AvgIpc) is 2.20. The van der Waals surface area contributed by atoms with E-state index >= 15 is 0 Å². The van der Waals surface area contributed by atoms with Gasteiger partial charge in [0.05, 0.1) is 12.5 Å². The molecule has 4 nitrogen and oxygen atoms in total. The topological polar surface area (TPSA) is 88.7 Å². The van der Waals surface area contributed by atoms with Gasteiger partial charge in [-0.05, 0) is 5.56 Å². The molecule has 1 aromatic heterocycles. The van der Waals surface area contributed by atoms with Crippen molar-refractivity contribution in [2.45, 2.75) is 19.4 Å². The van der Waals surface area contributed by atoms with Crippen LogP contribution in [0.5, 0.6) is 0 Å². The number of rotatable bonds is 3. The molecule has 15 heavy (non-hydrogen) atoms. The Labute approximate surface area is 85.5 Å². The molecule has 0 aliphatic carbocycles. The van der Waals surface area contributed by atoms with Gasteiger partial charge in [0.25, 0.3) is 6.43 Å². The van der Waals surface area contributed by atoms with Crippen molar-refractivity contribution in [3.63, 3.8) is 0 Å². The molecule has 0 atom stereocenters. The van der Waals surface area contributed by atoms with Gasteiger partial charge in [-0.1, -0.05) is 0 Å². The van der Waals surface area contributed by atoms with Crippen molar-refractivity contribution in [3.05, 3.63) is 22.9 Å². The van der Waals surface area contributed by atoms with Crippen molar-refractivity contribution in [2.24, 2.45) is 5.73 Å². The molecule has 0 aliphatic rings. The van der Waals surface area contributed by atoms with E-state index in [-0.39, 0.29) is 35.5 Å². The summed E-state index contributed by atoms with van der Waals surface area (Å²) in [5, 5.41) is 8.50. The zero-order valence-corrected chi connectivity index (χ0v) is 7.87. The molecular formula is C9H10F2N4. The fourth-order valence-electron chi connectivity index (χ4n) is 1.33. The van der Waals surface area contributed by atoms with Crippen molar-refractivity contribution in [3.8, 4) is 6.07 Å². The molecule has 0 radical (unpaired) electrons. The molecule has 0 amide bonds. The van der Waals surface area contributed by atoms with Crippen molar-refractivity contribution >= 4 is 5.82 Å². The van der Waals surface area contributed by atoms with E-state index in [0.29, 0.717) is 0 Å². The number of pyridine rings is 1. The summed E-state index contributed by atoms with van der Waals surface area (Å²) in [5.74, 6) is -0.0379. The average molecular weight is 212 g/mol. The van der Waals surface area contributed by atoms with Crippen LogP contribution in [0.15, 0.2) is 6.20 Å². The molecule has 4 N–H and O–H groups in total. The SMILES string of the molecule is N#CCc1c(N)ncc(CN)c1C(F)F. The Kier molecular flexibility index (Phi) is 3.52. The Hall–Kier alpha value is -1.74. The van der Waals surface area contributed by atoms with Crippen LogP contribution in [0.2, 0.25) is 0 Å². The summed E-state index contributed by atoms with van der Waals surface area (Å²) in [4.78, 5) is 3.72. The number of aromatic nitrogens is 1. The van der Waals surface area contributed by atoms with Gasteiger partial charge < -0.3 is 11.5 Å². The monoisotopic (exact) mass is 212 g/mol. The second kappa shape index (κ2) is 4.66. The summed E-state index contributed by atoms with van der Waals surface area (Å²) < 4.78 is 25.5. The van der Waals surface area contributed by atoms with Crippen LogP contribution in [0.25, 0.3) is 0 Å². The van der Waals surface area contributed by atoms with Crippen molar-refractivity contribution in [1.29, 1.82) is 5.26 Å². The molecule has 0 fully saturated rings. The Balaban J connectivity index is 3.38. The van der Waals surface area contributed by atoms with Crippen molar-refractivity contribution in [1.82, 2.24) is 4.98 Å². The van der Waals surface area contributed by atoms with Crippen LogP contribution in [-0.4, -0.2) is 4.98 Å². The summed E-state index contributed by atoms with van der Waals surface area (Å²) in [6.45, 7) is -0.0502. The van der Waals surface area contributed by atoms with Crippen molar-refractivity contribution < 1.29 is 8.78 Å². The fraction of sp³-hybridized carbons (Fsp3) is 0.333. The summed E-state index contributed by atoms with van der Waals surface area (Å²) >= 11 is 0. The van der Waals surface area contributed by atoms with Crippen LogP contribution in [0.3, 0.4) is 0 Å². The molecule has 6 heteroatoms. The molecule has 0 saturated heterocycles. The van der Waals surface area contributed by atoms with Gasteiger partial charge in [-0.15, -0.1) is 0 Å². The second-order valence-electron chi connectivity index (χ2n) is 2.90. The van der Waals surface area contributed by atoms with Gasteiger partial charge in [0, 0.05) is 23.9 Å². The lowest BCUT2D eigenvalue weighted by Gasteiger charge is -2.12. The van der Waals surface area contributed by atoms with E-state index in [9.17, 15) is 8.78 Å². The minimum Gasteiger partial charge on any atom is -0.383 e. The first-order chi connectivity index (χ1) is 7.11. The maximum atomic E-state index is 12.7. The van der Waals surface area contributed by atoms with Gasteiger partial charge in [0.1, 0.15) is 5.82 Å². The third-order valence-electron chi connectivity index (χ3n) is 2.03. The van der Waals surface area contributed by atoms with Gasteiger partial charge in [-0.3, -0.25) is 0 Å². The summed E-state index contributed by atoms with van der Waals surface area (Å²) in [5.41, 5.74) is 10.8. The fourth-order valence-corrected chi connectivity index (χ4v) is 1.33. The van der Waals surface area contributed by atoms with E-state index in [2.05, 4.69) is 4.98 Å². The highest BCUT2D eigenvalue weighted by atomic mass is 19.3. The third-order valence-corrected chi connectivity index (χ3v) is 2.03. The van der Waals surface area contributed by atoms with Crippen LogP contribution >= 0.6 is 0 Å². The van der Waals surface area contributed by atoms with Gasteiger partial charge in [0.2, 0.25) is 0 Å². The first-order valence-corrected chi connectivity index (χ1v) is 4.23. The number of nitrogen functional groups attached to an aromatic ring is 1. The van der Waals surface area contributed by atoms with E-state index in [0.717, 1.165) is 0 Å². The normalized spacial score (nSPS) is 10.3. The Morgan fingerprint density at radius 1 is 1.53 bits per heavy atom. The highest BCUT2D eigenvalue weighted by Crippen LogP contribution is 2.29. The van der Waals surface area contributed by atoms with E-state index in [1.165, 1.54) is 6.20 Å². The van der Waals surface area contributed by atoms with Gasteiger partial charge >= 0.3 is 0 Å². The summed E-state index contributed by atoms with van der Waals surface area (Å²) in [6, 6.07) is 1.78. The van der Waals surface area contributed by atoms with Crippen LogP contribution in [0.1, 0.15) is 23.1 Å². The number of anilines is 1. The predicted molar refractivity (Wildman–Crippen MR) is 50.8 cm³/mol. The zero-order chi connectivity index (χ0) is 11.4. The van der Waals surface area contributed by atoms with Crippen LogP contribution < -0.4 is 11.5 Å².